The van der Waals surface area contributed by atoms with Crippen molar-refractivity contribution in [3.63, 3.8) is 0 Å². The quantitative estimate of drug-likeness (QED) is 0.196. The van der Waals surface area contributed by atoms with E-state index in [0.717, 1.165) is 38.6 Å². The van der Waals surface area contributed by atoms with Gasteiger partial charge in [0.05, 0.1) is 13.2 Å². The van der Waals surface area contributed by atoms with Gasteiger partial charge < -0.3 is 15.2 Å². The number of morpholine rings is 1. The molecule has 1 unspecified atom stereocenters. The second-order valence-electron chi connectivity index (χ2n) is 21.6. The topological polar surface area (TPSA) is 61.8 Å². The third-order valence-corrected chi connectivity index (χ3v) is 19.0. The van der Waals surface area contributed by atoms with E-state index >= 15 is 0 Å². The van der Waals surface area contributed by atoms with E-state index in [1.165, 1.54) is 87.3 Å². The van der Waals surface area contributed by atoms with Gasteiger partial charge in [0.25, 0.3) is 0 Å². The highest BCUT2D eigenvalue weighted by Crippen LogP contribution is 2.76. The van der Waals surface area contributed by atoms with Crippen LogP contribution in [0.3, 0.4) is 0 Å². The molecular formula is C52H72N2O3. The Labute approximate surface area is 344 Å². The van der Waals surface area contributed by atoms with Crippen molar-refractivity contribution >= 4 is 11.4 Å². The highest BCUT2D eigenvalue weighted by molar-refractivity contribution is 5.99. The lowest BCUT2D eigenvalue weighted by Gasteiger charge is -2.72. The first-order valence-electron chi connectivity index (χ1n) is 23.1. The summed E-state index contributed by atoms with van der Waals surface area (Å²) in [4.78, 5) is 15.9. The molecule has 2 bridgehead atoms. The molecule has 308 valence electrons. The zero-order chi connectivity index (χ0) is 40.0. The molecule has 5 nitrogen and oxygen atoms in total. The number of rotatable bonds is 9. The van der Waals surface area contributed by atoms with Crippen molar-refractivity contribution in [3.05, 3.63) is 89.5 Å². The summed E-state index contributed by atoms with van der Waals surface area (Å²) in [7, 11) is 0. The normalized spacial score (nSPS) is 41.5. The van der Waals surface area contributed by atoms with Crippen molar-refractivity contribution in [3.8, 4) is 0 Å². The van der Waals surface area contributed by atoms with Crippen molar-refractivity contribution in [1.82, 2.24) is 10.2 Å². The number of nitrogens with one attached hydrogen (secondary N) is 1. The van der Waals surface area contributed by atoms with Crippen molar-refractivity contribution in [1.29, 1.82) is 0 Å². The number of piperidine rings is 1. The van der Waals surface area contributed by atoms with Crippen LogP contribution in [-0.2, 0) is 4.74 Å². The summed E-state index contributed by atoms with van der Waals surface area (Å²) < 4.78 is 6.01. The monoisotopic (exact) mass is 773 g/mol. The largest absolute Gasteiger partial charge is 0.380 e. The van der Waals surface area contributed by atoms with Crippen LogP contribution in [-0.4, -0.2) is 59.7 Å². The predicted octanol–water partition coefficient (Wildman–Crippen LogP) is 10.8. The van der Waals surface area contributed by atoms with Crippen LogP contribution in [0.5, 0.6) is 0 Å². The van der Waals surface area contributed by atoms with E-state index in [0.29, 0.717) is 57.7 Å². The molecule has 12 atom stereocenters. The van der Waals surface area contributed by atoms with E-state index in [2.05, 4.69) is 76.5 Å². The third-order valence-electron chi connectivity index (χ3n) is 19.0. The Morgan fingerprint density at radius 3 is 2.28 bits per heavy atom. The Balaban J connectivity index is 0.949. The lowest BCUT2D eigenvalue weighted by Crippen LogP contribution is -2.68. The summed E-state index contributed by atoms with van der Waals surface area (Å²) in [6.45, 7) is 24.4. The first-order chi connectivity index (χ1) is 27.2. The smallest absolute Gasteiger partial charge is 0.195 e. The van der Waals surface area contributed by atoms with Crippen LogP contribution in [0.15, 0.2) is 72.8 Å². The summed E-state index contributed by atoms with van der Waals surface area (Å²) in [6, 6.07) is 18.6. The van der Waals surface area contributed by atoms with E-state index in [1.807, 2.05) is 30.3 Å². The minimum absolute atomic E-state index is 0.0210. The van der Waals surface area contributed by atoms with Gasteiger partial charge >= 0.3 is 0 Å². The molecule has 0 radical (unpaired) electrons. The van der Waals surface area contributed by atoms with Gasteiger partial charge in [0.1, 0.15) is 6.10 Å². The number of carbonyl (C=O) groups is 1. The van der Waals surface area contributed by atoms with E-state index in [9.17, 15) is 9.90 Å². The number of ketones is 1. The van der Waals surface area contributed by atoms with E-state index < -0.39 is 6.10 Å². The molecule has 5 aliphatic carbocycles. The Morgan fingerprint density at radius 2 is 1.58 bits per heavy atom. The van der Waals surface area contributed by atoms with Crippen molar-refractivity contribution in [2.75, 3.05) is 26.3 Å². The van der Waals surface area contributed by atoms with Gasteiger partial charge in [0, 0.05) is 36.3 Å². The number of carbonyl (C=O) groups excluding carboxylic acids is 1. The number of Topliss-reactive ketones (excluding diaryl/α,β-unsaturated/α-hetero) is 1. The summed E-state index contributed by atoms with van der Waals surface area (Å²) in [6.07, 6.45) is 17.1. The van der Waals surface area contributed by atoms with Crippen LogP contribution in [0.1, 0.15) is 146 Å². The van der Waals surface area contributed by atoms with Gasteiger partial charge in [-0.3, -0.25) is 9.69 Å². The number of allylic oxidation sites excluding steroid dienone is 3. The summed E-state index contributed by atoms with van der Waals surface area (Å²) in [5, 5.41) is 15.4. The molecule has 2 heterocycles. The Hall–Kier alpha value is -2.57. The average Bonchev–Trinajstić information content (AvgIpc) is 3.58. The number of benzene rings is 2. The lowest BCUT2D eigenvalue weighted by molar-refractivity contribution is -0.219. The molecule has 57 heavy (non-hydrogen) atoms. The van der Waals surface area contributed by atoms with E-state index in [1.54, 1.807) is 12.1 Å². The Kier molecular flexibility index (Phi) is 10.2. The van der Waals surface area contributed by atoms with Crippen LogP contribution in [0.4, 0.5) is 0 Å². The number of hydrogen-bond acceptors (Lipinski definition) is 5. The van der Waals surface area contributed by atoms with Gasteiger partial charge in [-0.25, -0.2) is 0 Å². The van der Waals surface area contributed by atoms with E-state index in [-0.39, 0.29) is 22.2 Å². The number of aliphatic hydroxyl groups is 1. The molecule has 7 aliphatic rings. The van der Waals surface area contributed by atoms with Crippen LogP contribution >= 0.6 is 0 Å². The van der Waals surface area contributed by atoms with Gasteiger partial charge in [0.15, 0.2) is 5.78 Å². The van der Waals surface area contributed by atoms with Crippen LogP contribution in [0.25, 0.3) is 5.57 Å². The molecule has 2 aromatic rings. The number of hydrogen-bond donors (Lipinski definition) is 2. The molecule has 9 rings (SSSR count). The standard InChI is InChI=1S/C52H72N2O3/c1-34(2)40-22-27-52(53-30-31-54-38-14-11-15-39(54)33-57-32-38)29-28-50(6)42(45(40)52)20-21-44-49(5)25-23-41(48(3,4)43(49)24-26-51(44,50)7)35-16-18-37(19-17-35)47(56)46(55)36-12-9-8-10-13-36/h8-10,12-13,16-19,23,38-40,42-45,47,53,56H,1,11,14-15,20-22,24-33H2,2-7H3/t38-,39+,40-,42+,43-,44+,45+,47?,49-,50+,51+,52-/m0/s1. The minimum atomic E-state index is -1.16. The fraction of sp³-hybridized carbons (Fsp3) is 0.673. The fourth-order valence-corrected chi connectivity index (χ4v) is 16.0. The molecule has 2 aliphatic heterocycles. The molecule has 2 N–H and O–H groups in total. The predicted molar refractivity (Wildman–Crippen MR) is 232 cm³/mol. The third kappa shape index (κ3) is 6.16. The second kappa shape index (κ2) is 14.6. The molecule has 2 saturated heterocycles. The SMILES string of the molecule is C=C(C)[C@@H]1CC[C@]2(NCCN3[C@@H]4CCC[C@H]3COC4)CC[C@]3(C)[C@H](CC[C@@H]4[C@@]5(C)CC=C(c6ccc(C(O)C(=O)c7ccccc7)cc6)C(C)(C)[C@@H]5CC[C@]43C)[C@@H]12. The molecule has 4 saturated carbocycles. The molecule has 0 aromatic heterocycles. The maximum absolute atomic E-state index is 13.0. The molecule has 0 spiro atoms. The summed E-state index contributed by atoms with van der Waals surface area (Å²) in [5.41, 5.74) is 6.44. The highest BCUT2D eigenvalue weighted by Gasteiger charge is 2.70. The van der Waals surface area contributed by atoms with Gasteiger partial charge in [-0.2, -0.15) is 0 Å². The Morgan fingerprint density at radius 1 is 0.860 bits per heavy atom. The van der Waals surface area contributed by atoms with Crippen LogP contribution < -0.4 is 5.32 Å². The molecule has 6 fully saturated rings. The zero-order valence-corrected chi connectivity index (χ0v) is 36.1. The number of fused-ring (bicyclic) bond motifs is 9. The molecule has 5 heteroatoms. The van der Waals surface area contributed by atoms with Gasteiger partial charge in [0.2, 0.25) is 0 Å². The van der Waals surface area contributed by atoms with Crippen LogP contribution in [0, 0.1) is 51.2 Å². The number of aliphatic hydroxyl groups excluding tert-OH is 1. The average molecular weight is 773 g/mol. The van der Waals surface area contributed by atoms with Crippen LogP contribution in [0.2, 0.25) is 0 Å². The maximum atomic E-state index is 13.0. The highest BCUT2D eigenvalue weighted by atomic mass is 16.5. The van der Waals surface area contributed by atoms with Gasteiger partial charge in [-0.1, -0.05) is 114 Å². The lowest BCUT2D eigenvalue weighted by atomic mass is 9.33. The number of nitrogens with zero attached hydrogens (tertiary/aromatic N) is 1. The summed E-state index contributed by atoms with van der Waals surface area (Å²) >= 11 is 0. The fourth-order valence-electron chi connectivity index (χ4n) is 16.0. The molecular weight excluding hydrogens is 701 g/mol. The first-order valence-corrected chi connectivity index (χ1v) is 23.1. The molecule has 0 amide bonds. The van der Waals surface area contributed by atoms with E-state index in [4.69, 9.17) is 4.74 Å². The minimum Gasteiger partial charge on any atom is -0.380 e. The maximum Gasteiger partial charge on any atom is 0.195 e. The Bertz CT molecular complexity index is 1850. The first kappa shape index (κ1) is 39.9. The van der Waals surface area contributed by atoms with Crippen molar-refractivity contribution in [2.24, 2.45) is 51.2 Å². The van der Waals surface area contributed by atoms with Crippen molar-refractivity contribution in [2.45, 2.75) is 142 Å². The number of ether oxygens (including phenoxy) is 1. The molecule has 2 aromatic carbocycles. The van der Waals surface area contributed by atoms with Gasteiger partial charge in [-0.15, -0.1) is 0 Å². The summed E-state index contributed by atoms with van der Waals surface area (Å²) in [5.74, 6) is 3.09. The van der Waals surface area contributed by atoms with Crippen molar-refractivity contribution < 1.29 is 14.6 Å². The zero-order valence-electron chi connectivity index (χ0n) is 36.1. The second-order valence-corrected chi connectivity index (χ2v) is 21.6. The van der Waals surface area contributed by atoms with Gasteiger partial charge in [-0.05, 0) is 146 Å².